The highest BCUT2D eigenvalue weighted by molar-refractivity contribution is 7.87. The van der Waals surface area contributed by atoms with Gasteiger partial charge in [-0.25, -0.2) is 0 Å². The molecule has 5 heteroatoms. The number of nitrogens with zero attached hydrogens (tertiary/aromatic N) is 2. The topological polar surface area (TPSA) is 40.4 Å². The lowest BCUT2D eigenvalue weighted by Crippen LogP contribution is -2.45. The van der Waals surface area contributed by atoms with Crippen molar-refractivity contribution in [2.75, 3.05) is 20.1 Å². The summed E-state index contributed by atoms with van der Waals surface area (Å²) in [4.78, 5) is 0. The molecule has 0 atom stereocenters. The Morgan fingerprint density at radius 2 is 1.67 bits per heavy atom. The van der Waals surface area contributed by atoms with Crippen LogP contribution in [0.4, 0.5) is 0 Å². The van der Waals surface area contributed by atoms with Crippen LogP contribution in [0.25, 0.3) is 0 Å². The van der Waals surface area contributed by atoms with E-state index >= 15 is 0 Å². The molecule has 1 saturated heterocycles. The molecule has 0 radical (unpaired) electrons. The maximum atomic E-state index is 11.6. The third kappa shape index (κ3) is 1.78. The maximum absolute atomic E-state index is 11.6. The van der Waals surface area contributed by atoms with Crippen LogP contribution in [0.3, 0.4) is 0 Å². The second kappa shape index (κ2) is 2.68. The van der Waals surface area contributed by atoms with E-state index in [1.54, 1.807) is 7.05 Å². The minimum absolute atomic E-state index is 0.332. The van der Waals surface area contributed by atoms with Gasteiger partial charge < -0.3 is 0 Å². The molecule has 0 bridgehead atoms. The monoisotopic (exact) mass is 192 g/mol. The Morgan fingerprint density at radius 3 is 1.92 bits per heavy atom. The molecule has 0 spiro atoms. The number of rotatable bonds is 2. The summed E-state index contributed by atoms with van der Waals surface area (Å²) in [7, 11) is -1.54. The largest absolute Gasteiger partial charge is 0.282 e. The Kier molecular flexibility index (Phi) is 2.22. The molecule has 0 amide bonds. The standard InChI is InChI=1S/C7H16N2O2S/c1-7(2,3)8(4)12(10,11)9-5-6-9/h5-6H2,1-4H3. The van der Waals surface area contributed by atoms with Crippen molar-refractivity contribution in [2.45, 2.75) is 26.3 Å². The summed E-state index contributed by atoms with van der Waals surface area (Å²) in [6, 6.07) is 0. The highest BCUT2D eigenvalue weighted by Gasteiger charge is 2.39. The van der Waals surface area contributed by atoms with Crippen molar-refractivity contribution >= 4 is 10.2 Å². The van der Waals surface area contributed by atoms with Crippen LogP contribution in [0.1, 0.15) is 20.8 Å². The van der Waals surface area contributed by atoms with Gasteiger partial charge in [0, 0.05) is 25.7 Å². The highest BCUT2D eigenvalue weighted by Crippen LogP contribution is 2.22. The van der Waals surface area contributed by atoms with E-state index < -0.39 is 10.2 Å². The van der Waals surface area contributed by atoms with Gasteiger partial charge in [-0.15, -0.1) is 0 Å². The van der Waals surface area contributed by atoms with E-state index in [4.69, 9.17) is 0 Å². The fourth-order valence-corrected chi connectivity index (χ4v) is 2.37. The van der Waals surface area contributed by atoms with E-state index in [9.17, 15) is 8.42 Å². The summed E-state index contributed by atoms with van der Waals surface area (Å²) < 4.78 is 26.0. The molecule has 1 heterocycles. The summed E-state index contributed by atoms with van der Waals surface area (Å²) in [5.74, 6) is 0. The van der Waals surface area contributed by atoms with Gasteiger partial charge in [-0.1, -0.05) is 0 Å². The molecule has 4 nitrogen and oxygen atoms in total. The van der Waals surface area contributed by atoms with Gasteiger partial charge in [0.05, 0.1) is 0 Å². The second-order valence-electron chi connectivity index (χ2n) is 4.05. The number of hydrogen-bond donors (Lipinski definition) is 0. The molecule has 1 rings (SSSR count). The lowest BCUT2D eigenvalue weighted by atomic mass is 10.1. The molecule has 0 aromatic rings. The van der Waals surface area contributed by atoms with E-state index in [1.165, 1.54) is 8.61 Å². The molecular weight excluding hydrogens is 176 g/mol. The van der Waals surface area contributed by atoms with E-state index in [0.29, 0.717) is 13.1 Å². The van der Waals surface area contributed by atoms with Crippen LogP contribution in [-0.2, 0) is 10.2 Å². The van der Waals surface area contributed by atoms with E-state index in [-0.39, 0.29) is 5.54 Å². The first kappa shape index (κ1) is 9.95. The Balaban J connectivity index is 2.82. The average Bonchev–Trinajstić information content (AvgIpc) is 2.64. The van der Waals surface area contributed by atoms with Gasteiger partial charge in [0.15, 0.2) is 0 Å². The zero-order valence-corrected chi connectivity index (χ0v) is 8.85. The maximum Gasteiger partial charge on any atom is 0.282 e. The van der Waals surface area contributed by atoms with Crippen molar-refractivity contribution in [3.63, 3.8) is 0 Å². The Hall–Kier alpha value is -0.130. The summed E-state index contributed by atoms with van der Waals surface area (Å²) >= 11 is 0. The molecule has 0 unspecified atom stereocenters. The second-order valence-corrected chi connectivity index (χ2v) is 6.00. The molecule has 72 valence electrons. The van der Waals surface area contributed by atoms with Crippen molar-refractivity contribution in [3.8, 4) is 0 Å². The van der Waals surface area contributed by atoms with Gasteiger partial charge in [-0.05, 0) is 20.8 Å². The van der Waals surface area contributed by atoms with Gasteiger partial charge >= 0.3 is 0 Å². The fraction of sp³-hybridized carbons (Fsp3) is 1.00. The predicted molar refractivity (Wildman–Crippen MR) is 48.0 cm³/mol. The van der Waals surface area contributed by atoms with Gasteiger partial charge in [-0.2, -0.15) is 17.0 Å². The molecule has 1 aliphatic rings. The predicted octanol–water partition coefficient (Wildman–Crippen LogP) is 0.277. The minimum atomic E-state index is -3.16. The molecule has 1 aliphatic heterocycles. The van der Waals surface area contributed by atoms with E-state index in [2.05, 4.69) is 0 Å². The van der Waals surface area contributed by atoms with Crippen LogP contribution in [0.5, 0.6) is 0 Å². The van der Waals surface area contributed by atoms with Crippen LogP contribution in [0.15, 0.2) is 0 Å². The van der Waals surface area contributed by atoms with Crippen LogP contribution in [-0.4, -0.2) is 42.7 Å². The van der Waals surface area contributed by atoms with Crippen LogP contribution >= 0.6 is 0 Å². The van der Waals surface area contributed by atoms with Crippen molar-refractivity contribution < 1.29 is 8.42 Å². The van der Waals surface area contributed by atoms with Gasteiger partial charge in [0.2, 0.25) is 0 Å². The average molecular weight is 192 g/mol. The molecule has 0 N–H and O–H groups in total. The summed E-state index contributed by atoms with van der Waals surface area (Å²) in [6.07, 6.45) is 0. The molecule has 1 fully saturated rings. The molecule has 0 saturated carbocycles. The first-order chi connectivity index (χ1) is 5.26. The van der Waals surface area contributed by atoms with Gasteiger partial charge in [0.25, 0.3) is 10.2 Å². The van der Waals surface area contributed by atoms with Gasteiger partial charge in [0.1, 0.15) is 0 Å². The normalized spacial score (nSPS) is 20.1. The lowest BCUT2D eigenvalue weighted by Gasteiger charge is -2.30. The summed E-state index contributed by atoms with van der Waals surface area (Å²) in [6.45, 7) is 6.99. The smallest absolute Gasteiger partial charge is 0.195 e. The molecular formula is C7H16N2O2S. The van der Waals surface area contributed by atoms with Gasteiger partial charge in [-0.3, -0.25) is 0 Å². The summed E-state index contributed by atoms with van der Waals surface area (Å²) in [5, 5.41) is 0. The Labute approximate surface area is 74.3 Å². The van der Waals surface area contributed by atoms with Crippen LogP contribution in [0, 0.1) is 0 Å². The van der Waals surface area contributed by atoms with Crippen molar-refractivity contribution in [2.24, 2.45) is 0 Å². The zero-order chi connectivity index (χ0) is 9.57. The van der Waals surface area contributed by atoms with E-state index in [0.717, 1.165) is 0 Å². The molecule has 0 aliphatic carbocycles. The third-order valence-corrected chi connectivity index (χ3v) is 4.28. The van der Waals surface area contributed by atoms with Crippen molar-refractivity contribution in [3.05, 3.63) is 0 Å². The van der Waals surface area contributed by atoms with Crippen molar-refractivity contribution in [1.29, 1.82) is 0 Å². The quantitative estimate of drug-likeness (QED) is 0.589. The zero-order valence-electron chi connectivity index (χ0n) is 8.03. The first-order valence-corrected chi connectivity index (χ1v) is 5.40. The first-order valence-electron chi connectivity index (χ1n) is 4.00. The highest BCUT2D eigenvalue weighted by atomic mass is 32.2. The van der Waals surface area contributed by atoms with Crippen LogP contribution in [0.2, 0.25) is 0 Å². The third-order valence-electron chi connectivity index (χ3n) is 2.02. The van der Waals surface area contributed by atoms with Crippen molar-refractivity contribution in [1.82, 2.24) is 8.61 Å². The lowest BCUT2D eigenvalue weighted by molar-refractivity contribution is 0.282. The summed E-state index contributed by atoms with van der Waals surface area (Å²) in [5.41, 5.74) is -0.332. The number of hydrogen-bond acceptors (Lipinski definition) is 2. The SMILES string of the molecule is CN(C(C)(C)C)S(=O)(=O)N1CC1. The van der Waals surface area contributed by atoms with E-state index in [1.807, 2.05) is 20.8 Å². The molecule has 12 heavy (non-hydrogen) atoms. The molecule has 0 aromatic heterocycles. The van der Waals surface area contributed by atoms with Crippen LogP contribution < -0.4 is 0 Å². The Bertz CT molecular complexity index is 262. The molecule has 0 aromatic carbocycles. The Morgan fingerprint density at radius 1 is 1.25 bits per heavy atom. The fourth-order valence-electron chi connectivity index (χ4n) is 0.791. The minimum Gasteiger partial charge on any atom is -0.195 e.